The number of pyridine rings is 1. The predicted molar refractivity (Wildman–Crippen MR) is 67.7 cm³/mol. The summed E-state index contributed by atoms with van der Waals surface area (Å²) in [7, 11) is 0. The maximum absolute atomic E-state index is 12.6. The molecule has 1 heterocycles. The van der Waals surface area contributed by atoms with Crippen LogP contribution in [0.15, 0.2) is 24.3 Å². The summed E-state index contributed by atoms with van der Waals surface area (Å²) in [4.78, 5) is 15.4. The van der Waals surface area contributed by atoms with Crippen LogP contribution >= 0.6 is 11.6 Å². The summed E-state index contributed by atoms with van der Waals surface area (Å²) < 4.78 is 42.7. The molecule has 0 atom stereocenters. The molecular formula is C13H9ClF3NO2. The second kappa shape index (κ2) is 5.28. The van der Waals surface area contributed by atoms with Gasteiger partial charge in [-0.2, -0.15) is 13.2 Å². The van der Waals surface area contributed by atoms with Crippen molar-refractivity contribution in [1.82, 2.24) is 4.98 Å². The number of benzene rings is 1. The highest BCUT2D eigenvalue weighted by Gasteiger charge is 2.30. The van der Waals surface area contributed by atoms with E-state index in [0.29, 0.717) is 5.39 Å². The first kappa shape index (κ1) is 14.6. The van der Waals surface area contributed by atoms with Crippen LogP contribution < -0.4 is 0 Å². The zero-order chi connectivity index (χ0) is 14.9. The second-order valence-electron chi connectivity index (χ2n) is 3.94. The number of esters is 1. The highest BCUT2D eigenvalue weighted by Crippen LogP contribution is 2.32. The fourth-order valence-corrected chi connectivity index (χ4v) is 1.94. The summed E-state index contributed by atoms with van der Waals surface area (Å²) >= 11 is 5.94. The minimum atomic E-state index is -4.48. The largest absolute Gasteiger partial charge is 0.461 e. The van der Waals surface area contributed by atoms with Crippen LogP contribution in [0.3, 0.4) is 0 Å². The standard InChI is InChI=1S/C13H9ClF3NO2/c1-2-20-12(19)11-6-9(14)8-4-3-7(13(15,16)17)5-10(8)18-11/h3-6H,2H2,1H3. The number of hydrogen-bond donors (Lipinski definition) is 0. The Labute approximate surface area is 117 Å². The Hall–Kier alpha value is -1.82. The first-order valence-corrected chi connectivity index (χ1v) is 6.05. The molecule has 0 saturated carbocycles. The van der Waals surface area contributed by atoms with Crippen molar-refractivity contribution < 1.29 is 22.7 Å². The molecule has 0 aliphatic rings. The van der Waals surface area contributed by atoms with Crippen molar-refractivity contribution in [2.24, 2.45) is 0 Å². The highest BCUT2D eigenvalue weighted by atomic mass is 35.5. The van der Waals surface area contributed by atoms with Gasteiger partial charge in [0.05, 0.1) is 22.7 Å². The van der Waals surface area contributed by atoms with Gasteiger partial charge in [0.25, 0.3) is 0 Å². The molecule has 7 heteroatoms. The van der Waals surface area contributed by atoms with Crippen LogP contribution in [0.1, 0.15) is 23.0 Å². The van der Waals surface area contributed by atoms with Gasteiger partial charge in [-0.05, 0) is 25.1 Å². The number of carbonyl (C=O) groups is 1. The van der Waals surface area contributed by atoms with Crippen molar-refractivity contribution >= 4 is 28.5 Å². The van der Waals surface area contributed by atoms with E-state index >= 15 is 0 Å². The molecule has 1 aromatic heterocycles. The highest BCUT2D eigenvalue weighted by molar-refractivity contribution is 6.35. The van der Waals surface area contributed by atoms with Crippen molar-refractivity contribution in [3.05, 3.63) is 40.5 Å². The van der Waals surface area contributed by atoms with E-state index in [1.165, 1.54) is 12.1 Å². The first-order valence-electron chi connectivity index (χ1n) is 5.67. The van der Waals surface area contributed by atoms with Crippen LogP contribution in [0.4, 0.5) is 13.2 Å². The van der Waals surface area contributed by atoms with Crippen LogP contribution in [-0.4, -0.2) is 17.6 Å². The Bertz CT molecular complexity index is 670. The summed E-state index contributed by atoms with van der Waals surface area (Å²) in [6.45, 7) is 1.75. The Morgan fingerprint density at radius 3 is 2.65 bits per heavy atom. The summed E-state index contributed by atoms with van der Waals surface area (Å²) in [5, 5.41) is 0.486. The fourth-order valence-electron chi connectivity index (χ4n) is 1.67. The van der Waals surface area contributed by atoms with Gasteiger partial charge in [-0.25, -0.2) is 9.78 Å². The van der Waals surface area contributed by atoms with Gasteiger partial charge in [0.15, 0.2) is 5.69 Å². The number of aromatic nitrogens is 1. The smallest absolute Gasteiger partial charge is 0.416 e. The lowest BCUT2D eigenvalue weighted by molar-refractivity contribution is -0.137. The molecule has 0 aliphatic heterocycles. The summed E-state index contributed by atoms with van der Waals surface area (Å²) in [6.07, 6.45) is -4.48. The monoisotopic (exact) mass is 303 g/mol. The Morgan fingerprint density at radius 2 is 2.05 bits per heavy atom. The van der Waals surface area contributed by atoms with E-state index in [1.807, 2.05) is 0 Å². The lowest BCUT2D eigenvalue weighted by atomic mass is 10.1. The van der Waals surface area contributed by atoms with Crippen LogP contribution in [0.2, 0.25) is 5.02 Å². The normalized spacial score (nSPS) is 11.7. The van der Waals surface area contributed by atoms with Crippen LogP contribution in [0.5, 0.6) is 0 Å². The minimum Gasteiger partial charge on any atom is -0.461 e. The number of hydrogen-bond acceptors (Lipinski definition) is 3. The van der Waals surface area contributed by atoms with Crippen molar-refractivity contribution in [3.8, 4) is 0 Å². The van der Waals surface area contributed by atoms with E-state index < -0.39 is 17.7 Å². The van der Waals surface area contributed by atoms with E-state index in [4.69, 9.17) is 16.3 Å². The number of ether oxygens (including phenoxy) is 1. The molecule has 1 aromatic carbocycles. The van der Waals surface area contributed by atoms with Gasteiger partial charge < -0.3 is 4.74 Å². The molecule has 0 bridgehead atoms. The molecule has 106 valence electrons. The van der Waals surface area contributed by atoms with Gasteiger partial charge in [0.2, 0.25) is 0 Å². The molecule has 2 rings (SSSR count). The number of halogens is 4. The number of alkyl halides is 3. The molecule has 0 spiro atoms. The molecule has 0 amide bonds. The lowest BCUT2D eigenvalue weighted by Crippen LogP contribution is -2.08. The van der Waals surface area contributed by atoms with Crippen molar-refractivity contribution in [1.29, 1.82) is 0 Å². The summed E-state index contributed by atoms with van der Waals surface area (Å²) in [5.74, 6) is -0.728. The molecule has 0 unspecified atom stereocenters. The first-order chi connectivity index (χ1) is 9.32. The van der Waals surface area contributed by atoms with Gasteiger partial charge in [0, 0.05) is 5.39 Å². The quantitative estimate of drug-likeness (QED) is 0.785. The number of nitrogens with zero attached hydrogens (tertiary/aromatic N) is 1. The summed E-state index contributed by atoms with van der Waals surface area (Å²) in [6, 6.07) is 4.27. The number of fused-ring (bicyclic) bond motifs is 1. The van der Waals surface area contributed by atoms with Crippen LogP contribution in [0, 0.1) is 0 Å². The van der Waals surface area contributed by atoms with Crippen LogP contribution in [-0.2, 0) is 10.9 Å². The van der Waals surface area contributed by atoms with Gasteiger partial charge in [-0.3, -0.25) is 0 Å². The third-order valence-corrected chi connectivity index (χ3v) is 2.88. The van der Waals surface area contributed by atoms with Crippen molar-refractivity contribution in [2.75, 3.05) is 6.61 Å². The molecule has 0 fully saturated rings. The number of carbonyl (C=O) groups excluding carboxylic acids is 1. The Balaban J connectivity index is 2.59. The van der Waals surface area contributed by atoms with E-state index in [0.717, 1.165) is 12.1 Å². The molecule has 20 heavy (non-hydrogen) atoms. The van der Waals surface area contributed by atoms with E-state index in [-0.39, 0.29) is 22.8 Å². The third kappa shape index (κ3) is 2.85. The average Bonchev–Trinajstić information content (AvgIpc) is 2.37. The number of rotatable bonds is 2. The molecule has 2 aromatic rings. The maximum Gasteiger partial charge on any atom is 0.416 e. The molecule has 0 aliphatic carbocycles. The van der Waals surface area contributed by atoms with Crippen molar-refractivity contribution in [2.45, 2.75) is 13.1 Å². The molecular weight excluding hydrogens is 295 g/mol. The SMILES string of the molecule is CCOC(=O)c1cc(Cl)c2ccc(C(F)(F)F)cc2n1. The molecule has 3 nitrogen and oxygen atoms in total. The molecule has 0 N–H and O–H groups in total. The zero-order valence-corrected chi connectivity index (χ0v) is 11.0. The predicted octanol–water partition coefficient (Wildman–Crippen LogP) is 4.08. The molecule has 0 radical (unpaired) electrons. The van der Waals surface area contributed by atoms with E-state index in [9.17, 15) is 18.0 Å². The van der Waals surface area contributed by atoms with Gasteiger partial charge >= 0.3 is 12.1 Å². The minimum absolute atomic E-state index is 0.00428. The Morgan fingerprint density at radius 1 is 1.35 bits per heavy atom. The molecule has 0 saturated heterocycles. The summed E-state index contributed by atoms with van der Waals surface area (Å²) in [5.41, 5.74) is -0.978. The average molecular weight is 304 g/mol. The lowest BCUT2D eigenvalue weighted by Gasteiger charge is -2.09. The van der Waals surface area contributed by atoms with Gasteiger partial charge in [0.1, 0.15) is 0 Å². The van der Waals surface area contributed by atoms with Gasteiger partial charge in [-0.1, -0.05) is 17.7 Å². The van der Waals surface area contributed by atoms with Crippen molar-refractivity contribution in [3.63, 3.8) is 0 Å². The van der Waals surface area contributed by atoms with E-state index in [1.54, 1.807) is 6.92 Å². The van der Waals surface area contributed by atoms with Gasteiger partial charge in [-0.15, -0.1) is 0 Å². The topological polar surface area (TPSA) is 39.2 Å². The Kier molecular flexibility index (Phi) is 3.85. The zero-order valence-electron chi connectivity index (χ0n) is 10.3. The van der Waals surface area contributed by atoms with Crippen LogP contribution in [0.25, 0.3) is 10.9 Å². The fraction of sp³-hybridized carbons (Fsp3) is 0.231. The van der Waals surface area contributed by atoms with E-state index in [2.05, 4.69) is 4.98 Å². The third-order valence-electron chi connectivity index (χ3n) is 2.57. The maximum atomic E-state index is 12.6. The second-order valence-corrected chi connectivity index (χ2v) is 4.35.